The Balaban J connectivity index is 1.64. The summed E-state index contributed by atoms with van der Waals surface area (Å²) in [4.78, 5) is 37.2. The highest BCUT2D eigenvalue weighted by atomic mass is 16.5. The highest BCUT2D eigenvalue weighted by molar-refractivity contribution is 6.10. The fourth-order valence-electron chi connectivity index (χ4n) is 2.99. The van der Waals surface area contributed by atoms with E-state index in [0.717, 1.165) is 0 Å². The second kappa shape index (κ2) is 9.09. The Labute approximate surface area is 174 Å². The zero-order chi connectivity index (χ0) is 21.7. The Morgan fingerprint density at radius 2 is 1.53 bits per heavy atom. The van der Waals surface area contributed by atoms with Gasteiger partial charge in [-0.3, -0.25) is 9.59 Å². The van der Waals surface area contributed by atoms with Gasteiger partial charge in [0, 0.05) is 11.3 Å². The van der Waals surface area contributed by atoms with Crippen LogP contribution < -0.4 is 10.6 Å². The average molecular weight is 406 g/mol. The molecule has 0 bridgehead atoms. The van der Waals surface area contributed by atoms with Gasteiger partial charge in [-0.1, -0.05) is 30.3 Å². The maximum absolute atomic E-state index is 12.6. The number of ether oxygens (including phenoxy) is 1. The summed E-state index contributed by atoms with van der Waals surface area (Å²) in [5.74, 6) is -0.485. The van der Waals surface area contributed by atoms with Gasteiger partial charge in [0.15, 0.2) is 6.61 Å². The number of hydrogen-bond donors (Lipinski definition) is 2. The maximum atomic E-state index is 12.6. The minimum atomic E-state index is -0.632. The predicted molar refractivity (Wildman–Crippen MR) is 113 cm³/mol. The molecular weight excluding hydrogens is 384 g/mol. The van der Waals surface area contributed by atoms with Crippen LogP contribution in [0.25, 0.3) is 0 Å². The molecule has 7 heteroatoms. The number of carbonyl (C=O) groups is 3. The number of nitrogens with one attached hydrogen (secondary N) is 2. The van der Waals surface area contributed by atoms with Crippen molar-refractivity contribution in [3.05, 3.63) is 82.8 Å². The Hall–Kier alpha value is -3.87. The molecule has 0 saturated carbocycles. The quantitative estimate of drug-likeness (QED) is 0.597. The fraction of sp³-hybridized carbons (Fsp3) is 0.174. The van der Waals surface area contributed by atoms with Crippen LogP contribution >= 0.6 is 0 Å². The first-order valence-corrected chi connectivity index (χ1v) is 9.36. The monoisotopic (exact) mass is 406 g/mol. The van der Waals surface area contributed by atoms with Crippen molar-refractivity contribution in [1.82, 2.24) is 0 Å². The molecule has 0 saturated heterocycles. The summed E-state index contributed by atoms with van der Waals surface area (Å²) in [5, 5.41) is 5.39. The van der Waals surface area contributed by atoms with Gasteiger partial charge in [0.1, 0.15) is 17.1 Å². The molecule has 2 aromatic carbocycles. The molecule has 2 N–H and O–H groups in total. The van der Waals surface area contributed by atoms with Gasteiger partial charge >= 0.3 is 5.97 Å². The third-order valence-electron chi connectivity index (χ3n) is 4.58. The zero-order valence-corrected chi connectivity index (χ0v) is 16.9. The predicted octanol–water partition coefficient (Wildman–Crippen LogP) is 4.25. The lowest BCUT2D eigenvalue weighted by Crippen LogP contribution is -2.23. The van der Waals surface area contributed by atoms with E-state index in [1.807, 2.05) is 18.2 Å². The van der Waals surface area contributed by atoms with E-state index in [1.54, 1.807) is 57.2 Å². The number of carbonyl (C=O) groups excluding carboxylic acids is 3. The van der Waals surface area contributed by atoms with Crippen molar-refractivity contribution in [2.75, 3.05) is 17.2 Å². The van der Waals surface area contributed by atoms with Crippen molar-refractivity contribution in [2.24, 2.45) is 0 Å². The molecule has 3 aromatic rings. The summed E-state index contributed by atoms with van der Waals surface area (Å²) >= 11 is 0. The number of furan rings is 1. The third-order valence-corrected chi connectivity index (χ3v) is 4.58. The third kappa shape index (κ3) is 4.75. The van der Waals surface area contributed by atoms with E-state index in [1.165, 1.54) is 0 Å². The standard InChI is InChI=1S/C23H22N2O5/c1-14-15(2)30-16(3)21(14)23(28)29-13-20(26)25-19-12-8-7-11-18(19)22(27)24-17-9-5-4-6-10-17/h4-12H,13H2,1-3H3,(H,24,27)(H,25,26). The lowest BCUT2D eigenvalue weighted by atomic mass is 10.1. The Bertz CT molecular complexity index is 1090. The number of amides is 2. The largest absolute Gasteiger partial charge is 0.465 e. The van der Waals surface area contributed by atoms with Crippen LogP contribution in [0.15, 0.2) is 59.0 Å². The SMILES string of the molecule is Cc1oc(C)c(C(=O)OCC(=O)Nc2ccccc2C(=O)Nc2ccccc2)c1C. The van der Waals surface area contributed by atoms with E-state index < -0.39 is 18.5 Å². The number of aryl methyl sites for hydroxylation is 2. The van der Waals surface area contributed by atoms with Crippen molar-refractivity contribution in [3.63, 3.8) is 0 Å². The number of rotatable bonds is 6. The smallest absolute Gasteiger partial charge is 0.342 e. The van der Waals surface area contributed by atoms with E-state index in [0.29, 0.717) is 34.0 Å². The first kappa shape index (κ1) is 20.9. The van der Waals surface area contributed by atoms with Crippen LogP contribution in [-0.2, 0) is 9.53 Å². The van der Waals surface area contributed by atoms with Crippen LogP contribution in [0.5, 0.6) is 0 Å². The van der Waals surface area contributed by atoms with Crippen molar-refractivity contribution < 1.29 is 23.5 Å². The highest BCUT2D eigenvalue weighted by Gasteiger charge is 2.21. The van der Waals surface area contributed by atoms with Gasteiger partial charge in [0.2, 0.25) is 0 Å². The molecule has 0 aliphatic heterocycles. The molecule has 1 aromatic heterocycles. The normalized spacial score (nSPS) is 10.4. The molecule has 0 aliphatic carbocycles. The van der Waals surface area contributed by atoms with Crippen LogP contribution in [0.3, 0.4) is 0 Å². The molecule has 0 fully saturated rings. The molecule has 30 heavy (non-hydrogen) atoms. The fourth-order valence-corrected chi connectivity index (χ4v) is 2.99. The molecule has 0 atom stereocenters. The van der Waals surface area contributed by atoms with Gasteiger partial charge in [0.25, 0.3) is 11.8 Å². The second-order valence-corrected chi connectivity index (χ2v) is 6.70. The minimum Gasteiger partial charge on any atom is -0.465 e. The first-order chi connectivity index (χ1) is 14.4. The van der Waals surface area contributed by atoms with Crippen LogP contribution in [0.1, 0.15) is 37.8 Å². The second-order valence-electron chi connectivity index (χ2n) is 6.70. The molecule has 154 valence electrons. The molecular formula is C23H22N2O5. The van der Waals surface area contributed by atoms with Crippen molar-refractivity contribution in [2.45, 2.75) is 20.8 Å². The molecule has 0 aliphatic rings. The van der Waals surface area contributed by atoms with Crippen LogP contribution in [-0.4, -0.2) is 24.4 Å². The summed E-state index contributed by atoms with van der Waals surface area (Å²) in [6, 6.07) is 15.6. The van der Waals surface area contributed by atoms with E-state index in [4.69, 9.17) is 9.15 Å². The molecule has 0 radical (unpaired) electrons. The first-order valence-electron chi connectivity index (χ1n) is 9.36. The lowest BCUT2D eigenvalue weighted by Gasteiger charge is -2.12. The van der Waals surface area contributed by atoms with Gasteiger partial charge in [-0.15, -0.1) is 0 Å². The topological polar surface area (TPSA) is 97.6 Å². The summed E-state index contributed by atoms with van der Waals surface area (Å²) in [7, 11) is 0. The van der Waals surface area contributed by atoms with E-state index in [2.05, 4.69) is 10.6 Å². The van der Waals surface area contributed by atoms with Gasteiger partial charge in [0.05, 0.1) is 11.3 Å². The van der Waals surface area contributed by atoms with E-state index in [-0.39, 0.29) is 11.5 Å². The molecule has 0 spiro atoms. The van der Waals surface area contributed by atoms with E-state index in [9.17, 15) is 14.4 Å². The lowest BCUT2D eigenvalue weighted by molar-refractivity contribution is -0.119. The average Bonchev–Trinajstić information content (AvgIpc) is 2.99. The molecule has 1 heterocycles. The maximum Gasteiger partial charge on any atom is 0.342 e. The summed E-state index contributed by atoms with van der Waals surface area (Å²) in [6.45, 7) is 4.68. The molecule has 0 unspecified atom stereocenters. The Morgan fingerprint density at radius 3 is 2.20 bits per heavy atom. The Kier molecular flexibility index (Phi) is 6.32. The molecule has 2 amide bonds. The van der Waals surface area contributed by atoms with Gasteiger partial charge < -0.3 is 19.8 Å². The molecule has 7 nitrogen and oxygen atoms in total. The number of esters is 1. The minimum absolute atomic E-state index is 0.290. The highest BCUT2D eigenvalue weighted by Crippen LogP contribution is 2.22. The van der Waals surface area contributed by atoms with Crippen molar-refractivity contribution in [1.29, 1.82) is 0 Å². The van der Waals surface area contributed by atoms with Crippen LogP contribution in [0.2, 0.25) is 0 Å². The van der Waals surface area contributed by atoms with E-state index >= 15 is 0 Å². The number of benzene rings is 2. The van der Waals surface area contributed by atoms with Gasteiger partial charge in [-0.25, -0.2) is 4.79 Å². The van der Waals surface area contributed by atoms with Crippen molar-refractivity contribution >= 4 is 29.2 Å². The molecule has 3 rings (SSSR count). The Morgan fingerprint density at radius 1 is 0.867 bits per heavy atom. The zero-order valence-electron chi connectivity index (χ0n) is 16.9. The summed E-state index contributed by atoms with van der Waals surface area (Å²) in [6.07, 6.45) is 0. The van der Waals surface area contributed by atoms with Gasteiger partial charge in [-0.2, -0.15) is 0 Å². The summed E-state index contributed by atoms with van der Waals surface area (Å²) < 4.78 is 10.5. The van der Waals surface area contributed by atoms with Crippen LogP contribution in [0, 0.1) is 20.8 Å². The van der Waals surface area contributed by atoms with Crippen molar-refractivity contribution in [3.8, 4) is 0 Å². The van der Waals surface area contributed by atoms with Gasteiger partial charge in [-0.05, 0) is 45.0 Å². The summed E-state index contributed by atoms with van der Waals surface area (Å²) in [5.41, 5.74) is 2.25. The number of hydrogen-bond acceptors (Lipinski definition) is 5. The van der Waals surface area contributed by atoms with Crippen LogP contribution in [0.4, 0.5) is 11.4 Å². The number of anilines is 2. The number of para-hydroxylation sites is 2.